The molecule has 0 aliphatic heterocycles. The Morgan fingerprint density at radius 3 is 2.54 bits per heavy atom. The summed E-state index contributed by atoms with van der Waals surface area (Å²) in [4.78, 5) is 12.7. The van der Waals surface area contributed by atoms with Crippen LogP contribution in [-0.2, 0) is 0 Å². The lowest BCUT2D eigenvalue weighted by Crippen LogP contribution is -2.49. The number of nitrogens with one attached hydrogen (secondary N) is 1. The molecule has 3 rings (SSSR count). The van der Waals surface area contributed by atoms with Crippen molar-refractivity contribution >= 4 is 5.91 Å². The number of aliphatic hydroxyl groups is 1. The Kier molecular flexibility index (Phi) is 4.71. The van der Waals surface area contributed by atoms with Crippen LogP contribution in [0, 0.1) is 0 Å². The number of benzene rings is 1. The number of para-hydroxylation sites is 1. The molecule has 24 heavy (non-hydrogen) atoms. The number of carbonyl (C=O) groups excluding carboxylic acids is 1. The highest BCUT2D eigenvalue weighted by Crippen LogP contribution is 2.29. The third-order valence-electron chi connectivity index (χ3n) is 4.80. The summed E-state index contributed by atoms with van der Waals surface area (Å²) in [7, 11) is 0. The first-order chi connectivity index (χ1) is 11.5. The molecule has 0 saturated heterocycles. The van der Waals surface area contributed by atoms with E-state index in [1.54, 1.807) is 0 Å². The zero-order valence-electron chi connectivity index (χ0n) is 14.3. The second kappa shape index (κ2) is 6.77. The van der Waals surface area contributed by atoms with Crippen molar-refractivity contribution in [2.24, 2.45) is 0 Å². The number of carbonyl (C=O) groups is 1. The van der Waals surface area contributed by atoms with E-state index in [0.717, 1.165) is 37.1 Å². The van der Waals surface area contributed by atoms with Gasteiger partial charge < -0.3 is 10.4 Å². The zero-order chi connectivity index (χ0) is 17.2. The number of rotatable bonds is 5. The molecule has 1 aliphatic carbocycles. The van der Waals surface area contributed by atoms with Crippen LogP contribution in [0.4, 0.5) is 0 Å². The van der Waals surface area contributed by atoms with E-state index in [4.69, 9.17) is 0 Å². The Labute approximate surface area is 142 Å². The lowest BCUT2D eigenvalue weighted by molar-refractivity contribution is 0.0833. The standard InChI is InChI=1S/C19H25N3O2/c1-14(2)17-12-16(21-22(17)15-8-4-3-5-9-15)18(24)20-19(13-23)10-6-7-11-19/h3-5,8-9,12,14,23H,6-7,10-11,13H2,1-2H3,(H,20,24). The Morgan fingerprint density at radius 1 is 1.29 bits per heavy atom. The maximum Gasteiger partial charge on any atom is 0.272 e. The molecule has 0 unspecified atom stereocenters. The van der Waals surface area contributed by atoms with Crippen LogP contribution < -0.4 is 5.32 Å². The monoisotopic (exact) mass is 327 g/mol. The highest BCUT2D eigenvalue weighted by atomic mass is 16.3. The van der Waals surface area contributed by atoms with Crippen LogP contribution in [0.3, 0.4) is 0 Å². The van der Waals surface area contributed by atoms with E-state index < -0.39 is 5.54 Å². The predicted octanol–water partition coefficient (Wildman–Crippen LogP) is 3.03. The van der Waals surface area contributed by atoms with Crippen molar-refractivity contribution in [3.05, 3.63) is 47.8 Å². The van der Waals surface area contributed by atoms with Gasteiger partial charge in [-0.1, -0.05) is 44.9 Å². The van der Waals surface area contributed by atoms with E-state index in [1.807, 2.05) is 41.1 Å². The van der Waals surface area contributed by atoms with E-state index in [9.17, 15) is 9.90 Å². The number of aliphatic hydroxyl groups excluding tert-OH is 1. The van der Waals surface area contributed by atoms with Gasteiger partial charge in [-0.05, 0) is 37.0 Å². The van der Waals surface area contributed by atoms with Crippen LogP contribution in [0.2, 0.25) is 0 Å². The van der Waals surface area contributed by atoms with Gasteiger partial charge in [0.05, 0.1) is 17.8 Å². The van der Waals surface area contributed by atoms with E-state index in [1.165, 1.54) is 0 Å². The lowest BCUT2D eigenvalue weighted by Gasteiger charge is -2.27. The first kappa shape index (κ1) is 16.7. The molecule has 0 atom stereocenters. The van der Waals surface area contributed by atoms with Gasteiger partial charge in [0.25, 0.3) is 5.91 Å². The molecule has 0 radical (unpaired) electrons. The molecule has 1 fully saturated rings. The second-order valence-electron chi connectivity index (χ2n) is 6.96. The Balaban J connectivity index is 1.90. The van der Waals surface area contributed by atoms with Crippen molar-refractivity contribution in [3.8, 4) is 5.69 Å². The molecule has 2 N–H and O–H groups in total. The minimum atomic E-state index is -0.481. The van der Waals surface area contributed by atoms with Gasteiger partial charge >= 0.3 is 0 Å². The highest BCUT2D eigenvalue weighted by molar-refractivity contribution is 5.93. The molecule has 128 valence electrons. The summed E-state index contributed by atoms with van der Waals surface area (Å²) >= 11 is 0. The van der Waals surface area contributed by atoms with Crippen molar-refractivity contribution in [1.29, 1.82) is 0 Å². The van der Waals surface area contributed by atoms with E-state index in [-0.39, 0.29) is 18.4 Å². The largest absolute Gasteiger partial charge is 0.394 e. The average molecular weight is 327 g/mol. The summed E-state index contributed by atoms with van der Waals surface area (Å²) in [6.07, 6.45) is 3.73. The molecule has 5 nitrogen and oxygen atoms in total. The molecular weight excluding hydrogens is 302 g/mol. The van der Waals surface area contributed by atoms with Crippen molar-refractivity contribution in [2.45, 2.75) is 51.0 Å². The fraction of sp³-hybridized carbons (Fsp3) is 0.474. The molecule has 1 amide bonds. The van der Waals surface area contributed by atoms with E-state index >= 15 is 0 Å². The summed E-state index contributed by atoms with van der Waals surface area (Å²) in [5.74, 6) is 0.0417. The van der Waals surface area contributed by atoms with Gasteiger partial charge in [-0.15, -0.1) is 0 Å². The first-order valence-electron chi connectivity index (χ1n) is 8.63. The second-order valence-corrected chi connectivity index (χ2v) is 6.96. The summed E-state index contributed by atoms with van der Waals surface area (Å²) in [5, 5.41) is 17.3. The van der Waals surface area contributed by atoms with Gasteiger partial charge in [0.1, 0.15) is 0 Å². The van der Waals surface area contributed by atoms with Crippen LogP contribution in [0.25, 0.3) is 5.69 Å². The van der Waals surface area contributed by atoms with Gasteiger partial charge in [-0.3, -0.25) is 4.79 Å². The molecule has 1 aromatic heterocycles. The lowest BCUT2D eigenvalue weighted by atomic mass is 9.98. The number of hydrogen-bond acceptors (Lipinski definition) is 3. The molecule has 1 heterocycles. The number of amides is 1. The molecule has 5 heteroatoms. The third kappa shape index (κ3) is 3.22. The highest BCUT2D eigenvalue weighted by Gasteiger charge is 2.35. The Bertz CT molecular complexity index is 701. The van der Waals surface area contributed by atoms with Gasteiger partial charge in [-0.2, -0.15) is 5.10 Å². The quantitative estimate of drug-likeness (QED) is 0.887. The minimum Gasteiger partial charge on any atom is -0.394 e. The van der Waals surface area contributed by atoms with Crippen molar-refractivity contribution in [2.75, 3.05) is 6.61 Å². The average Bonchev–Trinajstić information content (AvgIpc) is 3.23. The van der Waals surface area contributed by atoms with E-state index in [0.29, 0.717) is 5.69 Å². The molecular formula is C19H25N3O2. The molecule has 1 aromatic carbocycles. The van der Waals surface area contributed by atoms with Gasteiger partial charge in [-0.25, -0.2) is 4.68 Å². The van der Waals surface area contributed by atoms with Crippen LogP contribution in [0.5, 0.6) is 0 Å². The van der Waals surface area contributed by atoms with Gasteiger partial charge in [0.15, 0.2) is 5.69 Å². The third-order valence-corrected chi connectivity index (χ3v) is 4.80. The minimum absolute atomic E-state index is 0.0187. The smallest absolute Gasteiger partial charge is 0.272 e. The summed E-state index contributed by atoms with van der Waals surface area (Å²) in [6, 6.07) is 11.7. The Hall–Kier alpha value is -2.14. The van der Waals surface area contributed by atoms with Crippen molar-refractivity contribution in [3.63, 3.8) is 0 Å². The fourth-order valence-electron chi connectivity index (χ4n) is 3.37. The number of hydrogen-bond donors (Lipinski definition) is 2. The zero-order valence-corrected chi connectivity index (χ0v) is 14.3. The topological polar surface area (TPSA) is 67.2 Å². The predicted molar refractivity (Wildman–Crippen MR) is 93.4 cm³/mol. The maximum absolute atomic E-state index is 12.7. The summed E-state index contributed by atoms with van der Waals surface area (Å²) < 4.78 is 1.83. The molecule has 1 saturated carbocycles. The van der Waals surface area contributed by atoms with Gasteiger partial charge in [0.2, 0.25) is 0 Å². The maximum atomic E-state index is 12.7. The summed E-state index contributed by atoms with van der Waals surface area (Å²) in [5.41, 5.74) is 1.86. The fourth-order valence-corrected chi connectivity index (χ4v) is 3.37. The molecule has 2 aromatic rings. The van der Waals surface area contributed by atoms with Crippen LogP contribution in [-0.4, -0.2) is 32.9 Å². The van der Waals surface area contributed by atoms with E-state index in [2.05, 4.69) is 24.3 Å². The van der Waals surface area contributed by atoms with Crippen LogP contribution in [0.1, 0.15) is 61.6 Å². The molecule has 1 aliphatic rings. The molecule has 0 bridgehead atoms. The summed E-state index contributed by atoms with van der Waals surface area (Å²) in [6.45, 7) is 4.16. The first-order valence-corrected chi connectivity index (χ1v) is 8.63. The number of nitrogens with zero attached hydrogens (tertiary/aromatic N) is 2. The van der Waals surface area contributed by atoms with Crippen molar-refractivity contribution < 1.29 is 9.90 Å². The van der Waals surface area contributed by atoms with Crippen LogP contribution >= 0.6 is 0 Å². The number of aromatic nitrogens is 2. The van der Waals surface area contributed by atoms with Gasteiger partial charge in [0, 0.05) is 5.69 Å². The normalized spacial score (nSPS) is 16.5. The SMILES string of the molecule is CC(C)c1cc(C(=O)NC2(CO)CCCC2)nn1-c1ccccc1. The Morgan fingerprint density at radius 2 is 1.96 bits per heavy atom. The van der Waals surface area contributed by atoms with Crippen LogP contribution in [0.15, 0.2) is 36.4 Å². The molecule has 0 spiro atoms. The van der Waals surface area contributed by atoms with Crippen molar-refractivity contribution in [1.82, 2.24) is 15.1 Å².